The molecule has 1 amide bonds. The van der Waals surface area contributed by atoms with Crippen LogP contribution in [0.25, 0.3) is 0 Å². The number of carbonyl (C=O) groups is 1. The molecule has 3 nitrogen and oxygen atoms in total. The average Bonchev–Trinajstić information content (AvgIpc) is 2.57. The second-order valence-corrected chi connectivity index (χ2v) is 2.59. The van der Waals surface area contributed by atoms with Crippen molar-refractivity contribution in [1.29, 1.82) is 0 Å². The summed E-state index contributed by atoms with van der Waals surface area (Å²) in [5.41, 5.74) is 1.12. The number of carbonyl (C=O) groups excluding carboxylic acids is 1. The van der Waals surface area contributed by atoms with Crippen LogP contribution in [0.2, 0.25) is 0 Å². The van der Waals surface area contributed by atoms with Gasteiger partial charge in [-0.15, -0.1) is 0 Å². The first-order valence-electron chi connectivity index (χ1n) is 4.10. The Morgan fingerprint density at radius 2 is 2.50 bits per heavy atom. The highest BCUT2D eigenvalue weighted by Crippen LogP contribution is 1.99. The van der Waals surface area contributed by atoms with Crippen LogP contribution in [0, 0.1) is 0 Å². The third-order valence-corrected chi connectivity index (χ3v) is 1.64. The predicted octanol–water partition coefficient (Wildman–Crippen LogP) is 1.35. The van der Waals surface area contributed by atoms with E-state index in [0.717, 1.165) is 12.0 Å². The van der Waals surface area contributed by atoms with Gasteiger partial charge < -0.3 is 9.73 Å². The maximum absolute atomic E-state index is 10.8. The molecular weight excluding hydrogens is 154 g/mol. The van der Waals surface area contributed by atoms with Crippen LogP contribution in [0.3, 0.4) is 0 Å². The number of hydrogen-bond donors (Lipinski definition) is 1. The molecule has 0 spiro atoms. The molecule has 1 N–H and O–H groups in total. The summed E-state index contributed by atoms with van der Waals surface area (Å²) < 4.78 is 4.89. The molecule has 0 aromatic carbocycles. The topological polar surface area (TPSA) is 42.2 Å². The molecule has 0 radical (unpaired) electrons. The van der Waals surface area contributed by atoms with Gasteiger partial charge in [0, 0.05) is 13.0 Å². The van der Waals surface area contributed by atoms with E-state index >= 15 is 0 Å². The van der Waals surface area contributed by atoms with E-state index in [-0.39, 0.29) is 5.91 Å². The van der Waals surface area contributed by atoms with Gasteiger partial charge in [0.15, 0.2) is 0 Å². The lowest BCUT2D eigenvalue weighted by atomic mass is 10.2. The molecule has 3 heteroatoms. The van der Waals surface area contributed by atoms with E-state index in [1.165, 1.54) is 0 Å². The molecule has 1 rings (SSSR count). The maximum atomic E-state index is 10.8. The zero-order valence-corrected chi connectivity index (χ0v) is 7.17. The first-order chi connectivity index (χ1) is 5.83. The smallest absolute Gasteiger partial charge is 0.219 e. The molecule has 0 aliphatic rings. The number of nitrogens with one attached hydrogen (secondary N) is 1. The minimum absolute atomic E-state index is 0.0958. The van der Waals surface area contributed by atoms with Crippen LogP contribution in [0.1, 0.15) is 18.9 Å². The molecule has 0 aliphatic carbocycles. The van der Waals surface area contributed by atoms with Crippen molar-refractivity contribution in [2.45, 2.75) is 19.8 Å². The monoisotopic (exact) mass is 167 g/mol. The summed E-state index contributed by atoms with van der Waals surface area (Å²) in [6.07, 6.45) is 4.71. The molecule has 0 bridgehead atoms. The third-order valence-electron chi connectivity index (χ3n) is 1.64. The summed E-state index contributed by atoms with van der Waals surface area (Å²) in [5.74, 6) is 0.0958. The Hall–Kier alpha value is -1.25. The molecule has 0 unspecified atom stereocenters. The van der Waals surface area contributed by atoms with E-state index in [0.29, 0.717) is 13.0 Å². The minimum atomic E-state index is 0.0958. The standard InChI is InChI=1S/C9H13NO2/c1-2-9(11)10-5-3-8-4-6-12-7-8/h4,6-7H,2-3,5H2,1H3,(H,10,11). The van der Waals surface area contributed by atoms with E-state index in [1.54, 1.807) is 12.5 Å². The van der Waals surface area contributed by atoms with E-state index in [2.05, 4.69) is 5.32 Å². The van der Waals surface area contributed by atoms with Gasteiger partial charge in [-0.3, -0.25) is 4.79 Å². The molecule has 1 aromatic heterocycles. The van der Waals surface area contributed by atoms with Crippen LogP contribution >= 0.6 is 0 Å². The number of amides is 1. The second kappa shape index (κ2) is 4.59. The normalized spacial score (nSPS) is 9.75. The maximum Gasteiger partial charge on any atom is 0.219 e. The molecule has 0 saturated carbocycles. The zero-order valence-electron chi connectivity index (χ0n) is 7.17. The van der Waals surface area contributed by atoms with Crippen molar-refractivity contribution in [3.63, 3.8) is 0 Å². The van der Waals surface area contributed by atoms with Crippen LogP contribution in [-0.4, -0.2) is 12.5 Å². The van der Waals surface area contributed by atoms with E-state index in [1.807, 2.05) is 13.0 Å². The van der Waals surface area contributed by atoms with Crippen LogP contribution in [0.15, 0.2) is 23.0 Å². The highest BCUT2D eigenvalue weighted by atomic mass is 16.3. The van der Waals surface area contributed by atoms with Crippen LogP contribution in [-0.2, 0) is 11.2 Å². The Kier molecular flexibility index (Phi) is 3.38. The molecule has 66 valence electrons. The van der Waals surface area contributed by atoms with Crippen molar-refractivity contribution in [3.8, 4) is 0 Å². The van der Waals surface area contributed by atoms with Crippen LogP contribution < -0.4 is 5.32 Å². The molecule has 0 fully saturated rings. The lowest BCUT2D eigenvalue weighted by Crippen LogP contribution is -2.24. The van der Waals surface area contributed by atoms with E-state index in [4.69, 9.17) is 4.42 Å². The fourth-order valence-electron chi connectivity index (χ4n) is 0.906. The molecule has 1 aromatic rings. The molecule has 12 heavy (non-hydrogen) atoms. The molecule has 0 saturated heterocycles. The summed E-state index contributed by atoms with van der Waals surface area (Å²) in [7, 11) is 0. The molecule has 1 heterocycles. The summed E-state index contributed by atoms with van der Waals surface area (Å²) in [4.78, 5) is 10.8. The van der Waals surface area contributed by atoms with Gasteiger partial charge in [0.25, 0.3) is 0 Å². The highest BCUT2D eigenvalue weighted by molar-refractivity contribution is 5.75. The van der Waals surface area contributed by atoms with Crippen molar-refractivity contribution in [1.82, 2.24) is 5.32 Å². The predicted molar refractivity (Wildman–Crippen MR) is 45.7 cm³/mol. The highest BCUT2D eigenvalue weighted by Gasteiger charge is 1.96. The van der Waals surface area contributed by atoms with Gasteiger partial charge in [0.1, 0.15) is 0 Å². The first-order valence-corrected chi connectivity index (χ1v) is 4.10. The summed E-state index contributed by atoms with van der Waals surface area (Å²) in [6, 6.07) is 1.90. The quantitative estimate of drug-likeness (QED) is 0.735. The van der Waals surface area contributed by atoms with Gasteiger partial charge in [-0.25, -0.2) is 0 Å². The number of rotatable bonds is 4. The fourth-order valence-corrected chi connectivity index (χ4v) is 0.906. The Labute approximate surface area is 71.8 Å². The molecular formula is C9H13NO2. The van der Waals surface area contributed by atoms with Gasteiger partial charge >= 0.3 is 0 Å². The van der Waals surface area contributed by atoms with Gasteiger partial charge in [-0.2, -0.15) is 0 Å². The Bertz CT molecular complexity index is 229. The Balaban J connectivity index is 2.15. The van der Waals surface area contributed by atoms with Crippen molar-refractivity contribution in [3.05, 3.63) is 24.2 Å². The van der Waals surface area contributed by atoms with Crippen molar-refractivity contribution < 1.29 is 9.21 Å². The zero-order chi connectivity index (χ0) is 8.81. The van der Waals surface area contributed by atoms with Gasteiger partial charge in [0.05, 0.1) is 12.5 Å². The second-order valence-electron chi connectivity index (χ2n) is 2.59. The lowest BCUT2D eigenvalue weighted by Gasteiger charge is -2.00. The summed E-state index contributed by atoms with van der Waals surface area (Å²) in [5, 5.41) is 2.79. The number of hydrogen-bond acceptors (Lipinski definition) is 2. The van der Waals surface area contributed by atoms with Crippen LogP contribution in [0.4, 0.5) is 0 Å². The average molecular weight is 167 g/mol. The first kappa shape index (κ1) is 8.84. The lowest BCUT2D eigenvalue weighted by molar-refractivity contribution is -0.120. The summed E-state index contributed by atoms with van der Waals surface area (Å²) >= 11 is 0. The van der Waals surface area contributed by atoms with Crippen molar-refractivity contribution in [2.24, 2.45) is 0 Å². The van der Waals surface area contributed by atoms with E-state index < -0.39 is 0 Å². The Morgan fingerprint density at radius 1 is 1.67 bits per heavy atom. The van der Waals surface area contributed by atoms with Gasteiger partial charge in [-0.05, 0) is 18.1 Å². The van der Waals surface area contributed by atoms with Crippen molar-refractivity contribution >= 4 is 5.91 Å². The third kappa shape index (κ3) is 2.78. The van der Waals surface area contributed by atoms with E-state index in [9.17, 15) is 4.79 Å². The molecule has 0 atom stereocenters. The SMILES string of the molecule is CCC(=O)NCCc1ccoc1. The van der Waals surface area contributed by atoms with Gasteiger partial charge in [0.2, 0.25) is 5.91 Å². The van der Waals surface area contributed by atoms with Gasteiger partial charge in [-0.1, -0.05) is 6.92 Å². The Morgan fingerprint density at radius 3 is 3.08 bits per heavy atom. The molecule has 0 aliphatic heterocycles. The minimum Gasteiger partial charge on any atom is -0.472 e. The fraction of sp³-hybridized carbons (Fsp3) is 0.444. The largest absolute Gasteiger partial charge is 0.472 e. The van der Waals surface area contributed by atoms with Crippen molar-refractivity contribution in [2.75, 3.05) is 6.54 Å². The number of furan rings is 1. The summed E-state index contributed by atoms with van der Waals surface area (Å²) in [6.45, 7) is 2.53. The van der Waals surface area contributed by atoms with Crippen LogP contribution in [0.5, 0.6) is 0 Å².